The molecule has 1 aromatic carbocycles. The van der Waals surface area contributed by atoms with Gasteiger partial charge in [-0.1, -0.05) is 30.4 Å². The van der Waals surface area contributed by atoms with E-state index in [0.29, 0.717) is 37.1 Å². The van der Waals surface area contributed by atoms with E-state index < -0.39 is 36.0 Å². The molecule has 0 saturated carbocycles. The number of nitrogens with zero attached hydrogens (tertiary/aromatic N) is 2. The van der Waals surface area contributed by atoms with E-state index in [1.165, 1.54) is 5.01 Å². The molecule has 0 aliphatic carbocycles. The van der Waals surface area contributed by atoms with Crippen LogP contribution in [0.4, 0.5) is 0 Å². The normalized spacial score (nSPS) is 24.4. The molecule has 4 rings (SSSR count). The highest BCUT2D eigenvalue weighted by Gasteiger charge is 2.33. The average molecular weight is 562 g/mol. The summed E-state index contributed by atoms with van der Waals surface area (Å²) in [6.45, 7) is 7.20. The first-order valence-corrected chi connectivity index (χ1v) is 14.3. The number of rotatable bonds is 0. The fourth-order valence-electron chi connectivity index (χ4n) is 4.85. The number of allylic oxidation sites excluding steroid dienone is 2. The van der Waals surface area contributed by atoms with E-state index in [9.17, 15) is 19.2 Å². The van der Waals surface area contributed by atoms with E-state index >= 15 is 0 Å². The minimum atomic E-state index is -0.890. The van der Waals surface area contributed by atoms with Gasteiger partial charge < -0.3 is 15.4 Å². The van der Waals surface area contributed by atoms with Crippen molar-refractivity contribution in [1.82, 2.24) is 26.1 Å². The molecule has 10 nitrogen and oxygen atoms in total. The molecule has 1 fully saturated rings. The number of aromatic nitrogens is 1. The zero-order valence-electron chi connectivity index (χ0n) is 24.2. The van der Waals surface area contributed by atoms with Gasteiger partial charge in [-0.05, 0) is 83.1 Å². The lowest BCUT2D eigenvalue weighted by molar-refractivity contribution is -0.157. The van der Waals surface area contributed by atoms with Crippen molar-refractivity contribution in [1.29, 1.82) is 0 Å². The molecule has 1 saturated heterocycles. The first-order chi connectivity index (χ1) is 19.6. The minimum absolute atomic E-state index is 0.137. The van der Waals surface area contributed by atoms with Gasteiger partial charge in [-0.2, -0.15) is 0 Å². The summed E-state index contributed by atoms with van der Waals surface area (Å²) in [5.41, 5.74) is 6.18. The third kappa shape index (κ3) is 7.79. The van der Waals surface area contributed by atoms with Gasteiger partial charge in [0.1, 0.15) is 23.9 Å². The highest BCUT2D eigenvalue weighted by atomic mass is 16.5. The van der Waals surface area contributed by atoms with Gasteiger partial charge in [0.25, 0.3) is 11.8 Å². The van der Waals surface area contributed by atoms with Crippen molar-refractivity contribution in [2.45, 2.75) is 84.4 Å². The Morgan fingerprint density at radius 2 is 1.80 bits per heavy atom. The van der Waals surface area contributed by atoms with E-state index in [-0.39, 0.29) is 18.0 Å². The Bertz CT molecular complexity index is 1380. The number of pyridine rings is 1. The van der Waals surface area contributed by atoms with Crippen molar-refractivity contribution in [3.8, 4) is 0 Å². The smallest absolute Gasteiger partial charge is 0.325 e. The van der Waals surface area contributed by atoms with E-state index in [0.717, 1.165) is 29.3 Å². The van der Waals surface area contributed by atoms with Gasteiger partial charge in [0, 0.05) is 18.4 Å². The van der Waals surface area contributed by atoms with Gasteiger partial charge in [-0.25, -0.2) is 10.4 Å². The van der Waals surface area contributed by atoms with Crippen molar-refractivity contribution in [3.63, 3.8) is 0 Å². The zero-order valence-corrected chi connectivity index (χ0v) is 24.2. The maximum Gasteiger partial charge on any atom is 0.325 e. The van der Waals surface area contributed by atoms with E-state index in [4.69, 9.17) is 9.72 Å². The number of ether oxygens (including phenoxy) is 1. The Morgan fingerprint density at radius 3 is 2.59 bits per heavy atom. The number of esters is 1. The van der Waals surface area contributed by atoms with Crippen molar-refractivity contribution >= 4 is 40.7 Å². The number of carbonyl (C=O) groups is 4. The average Bonchev–Trinajstić information content (AvgIpc) is 2.96. The largest absolute Gasteiger partial charge is 0.455 e. The molecule has 0 spiro atoms. The van der Waals surface area contributed by atoms with E-state index in [2.05, 4.69) is 22.1 Å². The molecule has 1 aromatic heterocycles. The van der Waals surface area contributed by atoms with Gasteiger partial charge in [0.2, 0.25) is 5.91 Å². The second kappa shape index (κ2) is 13.5. The molecule has 3 heterocycles. The molecule has 2 aromatic rings. The van der Waals surface area contributed by atoms with Crippen LogP contribution in [0, 0.1) is 0 Å². The summed E-state index contributed by atoms with van der Waals surface area (Å²) in [6, 6.07) is 8.23. The number of fused-ring (bicyclic) bond motifs is 4. The van der Waals surface area contributed by atoms with Crippen LogP contribution in [-0.2, 0) is 23.9 Å². The number of amides is 3. The molecule has 3 N–H and O–H groups in total. The Hall–Kier alpha value is -4.05. The molecule has 0 radical (unpaired) electrons. The summed E-state index contributed by atoms with van der Waals surface area (Å²) in [7, 11) is 0. The first kappa shape index (κ1) is 29.9. The van der Waals surface area contributed by atoms with Gasteiger partial charge in [0.05, 0.1) is 11.2 Å². The lowest BCUT2D eigenvalue weighted by atomic mass is 10.1. The Kier molecular flexibility index (Phi) is 9.88. The number of carbonyl (C=O) groups excluding carboxylic acids is 4. The molecule has 41 heavy (non-hydrogen) atoms. The highest BCUT2D eigenvalue weighted by molar-refractivity contribution is 6.00. The number of nitrogens with one attached hydrogen (secondary N) is 3. The van der Waals surface area contributed by atoms with Crippen LogP contribution in [-0.4, -0.2) is 52.3 Å². The fraction of sp³-hybridized carbons (Fsp3) is 0.452. The quantitative estimate of drug-likeness (QED) is 0.329. The van der Waals surface area contributed by atoms with Gasteiger partial charge in [0.15, 0.2) is 0 Å². The SMILES string of the molecule is CC(C)=C1NC(=O)CCCC/C=C/c2ccc3ccc(nc3c2)[C@@H](C)OC(=O)[C@@H]2CCCN(N2)C(=O)[C@H](C)NC1=O. The standard InChI is InChI=1S/C31H39N5O5/c1-19(2)28-29(38)32-20(3)30(39)36-17-9-11-25(35-36)31(40)41-21(4)24-16-15-23-14-13-22(18-26(23)33-24)10-7-5-6-8-12-27(37)34-28/h7,10,13-16,18,20-21,25,35H,5-6,8-9,11-12,17H2,1-4H3,(H,32,38)(H,34,37)/b10-7+/t20-,21+,25-/m0/s1. The number of benzene rings is 1. The summed E-state index contributed by atoms with van der Waals surface area (Å²) in [6.07, 6.45) is 7.18. The molecule has 5 bridgehead atoms. The van der Waals surface area contributed by atoms with E-state index in [1.54, 1.807) is 27.7 Å². The fourth-order valence-corrected chi connectivity index (χ4v) is 4.85. The summed E-state index contributed by atoms with van der Waals surface area (Å²) in [5, 5.41) is 7.74. The second-order valence-electron chi connectivity index (χ2n) is 10.8. The van der Waals surface area contributed by atoms with Gasteiger partial charge in [-0.3, -0.25) is 24.2 Å². The molecule has 218 valence electrons. The van der Waals surface area contributed by atoms with Gasteiger partial charge in [-0.15, -0.1) is 0 Å². The monoisotopic (exact) mass is 561 g/mol. The third-order valence-corrected chi connectivity index (χ3v) is 7.23. The molecule has 2 aliphatic heterocycles. The predicted octanol–water partition coefficient (Wildman–Crippen LogP) is 3.84. The van der Waals surface area contributed by atoms with Crippen molar-refractivity contribution in [3.05, 3.63) is 58.9 Å². The number of hydrogen-bond donors (Lipinski definition) is 3. The van der Waals surface area contributed by atoms with E-state index in [1.807, 2.05) is 36.4 Å². The summed E-state index contributed by atoms with van der Waals surface area (Å²) >= 11 is 0. The molecular weight excluding hydrogens is 522 g/mol. The van der Waals surface area contributed by atoms with Crippen LogP contribution in [0.15, 0.2) is 47.7 Å². The second-order valence-corrected chi connectivity index (χ2v) is 10.8. The zero-order chi connectivity index (χ0) is 29.5. The Labute approximate surface area is 240 Å². The summed E-state index contributed by atoms with van der Waals surface area (Å²) < 4.78 is 5.76. The lowest BCUT2D eigenvalue weighted by Crippen LogP contribution is -2.59. The molecule has 0 unspecified atom stereocenters. The maximum absolute atomic E-state index is 13.2. The molecular formula is C31H39N5O5. The molecule has 3 atom stereocenters. The van der Waals surface area contributed by atoms with Crippen molar-refractivity contribution in [2.75, 3.05) is 6.54 Å². The van der Waals surface area contributed by atoms with Crippen LogP contribution in [0.2, 0.25) is 0 Å². The Morgan fingerprint density at radius 1 is 1.02 bits per heavy atom. The van der Waals surface area contributed by atoms with Crippen molar-refractivity contribution < 1.29 is 23.9 Å². The number of hydrazine groups is 1. The maximum atomic E-state index is 13.2. The van der Waals surface area contributed by atoms with Gasteiger partial charge >= 0.3 is 5.97 Å². The summed E-state index contributed by atoms with van der Waals surface area (Å²) in [4.78, 5) is 56.5. The van der Waals surface area contributed by atoms with Crippen LogP contribution in [0.3, 0.4) is 0 Å². The third-order valence-electron chi connectivity index (χ3n) is 7.23. The minimum Gasteiger partial charge on any atom is -0.455 e. The number of cyclic esters (lactones) is 1. The van der Waals surface area contributed by atoms with Crippen LogP contribution < -0.4 is 16.1 Å². The number of hydrogen-bond acceptors (Lipinski definition) is 7. The predicted molar refractivity (Wildman–Crippen MR) is 156 cm³/mol. The molecule has 2 aliphatic rings. The van der Waals surface area contributed by atoms with Crippen molar-refractivity contribution in [2.24, 2.45) is 0 Å². The summed E-state index contributed by atoms with van der Waals surface area (Å²) in [5.74, 6) is -1.66. The highest BCUT2D eigenvalue weighted by Crippen LogP contribution is 2.22. The Balaban J connectivity index is 1.57. The molecule has 10 heteroatoms. The lowest BCUT2D eigenvalue weighted by Gasteiger charge is -2.34. The first-order valence-electron chi connectivity index (χ1n) is 14.3. The molecule has 3 amide bonds. The van der Waals surface area contributed by atoms with Crippen LogP contribution in [0.1, 0.15) is 83.6 Å². The topological polar surface area (TPSA) is 130 Å². The van der Waals surface area contributed by atoms with Crippen LogP contribution in [0.5, 0.6) is 0 Å². The van der Waals surface area contributed by atoms with Crippen LogP contribution in [0.25, 0.3) is 17.0 Å². The van der Waals surface area contributed by atoms with Crippen LogP contribution >= 0.6 is 0 Å².